The molecule has 1 heterocycles. The zero-order chi connectivity index (χ0) is 16.7. The van der Waals surface area contributed by atoms with E-state index in [9.17, 15) is 8.42 Å². The average Bonchev–Trinajstić information content (AvgIpc) is 3.03. The van der Waals surface area contributed by atoms with Gasteiger partial charge in [-0.05, 0) is 49.2 Å². The minimum atomic E-state index is -3.51. The van der Waals surface area contributed by atoms with E-state index in [1.165, 1.54) is 11.3 Å². The van der Waals surface area contributed by atoms with E-state index in [0.717, 1.165) is 30.0 Å². The quantitative estimate of drug-likeness (QED) is 0.676. The maximum atomic E-state index is 12.3. The lowest BCUT2D eigenvalue weighted by Gasteiger charge is -2.09. The van der Waals surface area contributed by atoms with E-state index in [-0.39, 0.29) is 0 Å². The maximum Gasteiger partial charge on any atom is 0.271 e. The number of aryl methyl sites for hydroxylation is 1. The van der Waals surface area contributed by atoms with Gasteiger partial charge in [0.2, 0.25) is 0 Å². The molecule has 2 N–H and O–H groups in total. The zero-order valence-corrected chi connectivity index (χ0v) is 15.0. The van der Waals surface area contributed by atoms with Gasteiger partial charge in [0.15, 0.2) is 0 Å². The van der Waals surface area contributed by atoms with Crippen molar-refractivity contribution in [2.24, 2.45) is 0 Å². The number of thiophene rings is 1. The molecule has 0 aliphatic rings. The average molecular weight is 354 g/mol. The Kier molecular flexibility index (Phi) is 6.44. The Labute approximate surface area is 141 Å². The number of sulfonamides is 1. The van der Waals surface area contributed by atoms with Crippen molar-refractivity contribution in [3.8, 4) is 0 Å². The summed E-state index contributed by atoms with van der Waals surface area (Å²) < 4.78 is 32.6. The van der Waals surface area contributed by atoms with Gasteiger partial charge in [0.1, 0.15) is 4.21 Å². The lowest BCUT2D eigenvalue weighted by molar-refractivity contribution is 0.198. The first-order chi connectivity index (χ1) is 11.0. The van der Waals surface area contributed by atoms with Gasteiger partial charge in [-0.1, -0.05) is 6.92 Å². The second kappa shape index (κ2) is 8.33. The summed E-state index contributed by atoms with van der Waals surface area (Å²) in [6.07, 6.45) is 1.76. The molecule has 23 heavy (non-hydrogen) atoms. The summed E-state index contributed by atoms with van der Waals surface area (Å²) in [5.41, 5.74) is 1.51. The Morgan fingerprint density at radius 1 is 1.09 bits per heavy atom. The number of benzene rings is 1. The minimum absolute atomic E-state index is 0.344. The highest BCUT2D eigenvalue weighted by Crippen LogP contribution is 2.24. The largest absolute Gasteiger partial charge is 0.385 e. The van der Waals surface area contributed by atoms with Crippen LogP contribution in [0.15, 0.2) is 40.6 Å². The third-order valence-corrected chi connectivity index (χ3v) is 6.34. The molecular formula is C16H22N2O3S2. The Hall–Kier alpha value is -1.57. The minimum Gasteiger partial charge on any atom is -0.385 e. The monoisotopic (exact) mass is 354 g/mol. The number of ether oxygens (including phenoxy) is 1. The van der Waals surface area contributed by atoms with Crippen LogP contribution in [0.4, 0.5) is 11.4 Å². The molecule has 0 saturated carbocycles. The van der Waals surface area contributed by atoms with E-state index in [2.05, 4.69) is 10.0 Å². The molecular weight excluding hydrogens is 332 g/mol. The van der Waals surface area contributed by atoms with E-state index in [1.807, 2.05) is 25.1 Å². The molecule has 1 aromatic heterocycles. The Balaban J connectivity index is 1.97. The molecule has 0 fully saturated rings. The van der Waals surface area contributed by atoms with E-state index < -0.39 is 10.0 Å². The van der Waals surface area contributed by atoms with Crippen molar-refractivity contribution in [2.75, 3.05) is 30.3 Å². The molecule has 126 valence electrons. The van der Waals surface area contributed by atoms with Crippen molar-refractivity contribution >= 4 is 32.7 Å². The number of hydrogen-bond acceptors (Lipinski definition) is 5. The summed E-state index contributed by atoms with van der Waals surface area (Å²) in [5, 5.41) is 3.26. The first-order valence-corrected chi connectivity index (χ1v) is 9.79. The van der Waals surface area contributed by atoms with Crippen LogP contribution in [0.5, 0.6) is 0 Å². The molecule has 0 radical (unpaired) electrons. The number of anilines is 2. The molecule has 7 heteroatoms. The molecule has 0 aliphatic carbocycles. The normalized spacial score (nSPS) is 11.4. The summed E-state index contributed by atoms with van der Waals surface area (Å²) in [5.74, 6) is 0. The topological polar surface area (TPSA) is 67.4 Å². The lowest BCUT2D eigenvalue weighted by Crippen LogP contribution is -2.11. The SMILES string of the molecule is CCc1ccc(S(=O)(=O)Nc2ccc(NCCCOC)cc2)s1. The number of nitrogens with one attached hydrogen (secondary N) is 2. The number of hydrogen-bond donors (Lipinski definition) is 2. The van der Waals surface area contributed by atoms with Crippen molar-refractivity contribution in [2.45, 2.75) is 24.0 Å². The van der Waals surface area contributed by atoms with Crippen LogP contribution in [0.3, 0.4) is 0 Å². The summed E-state index contributed by atoms with van der Waals surface area (Å²) in [4.78, 5) is 1.06. The number of methoxy groups -OCH3 is 1. The highest BCUT2D eigenvalue weighted by atomic mass is 32.2. The van der Waals surface area contributed by atoms with Crippen molar-refractivity contribution in [1.29, 1.82) is 0 Å². The molecule has 2 aromatic rings. The van der Waals surface area contributed by atoms with Crippen molar-refractivity contribution in [1.82, 2.24) is 0 Å². The highest BCUT2D eigenvalue weighted by Gasteiger charge is 2.16. The van der Waals surface area contributed by atoms with Gasteiger partial charge >= 0.3 is 0 Å². The number of rotatable bonds is 9. The Bertz CT molecular complexity index is 709. The fourth-order valence-electron chi connectivity index (χ4n) is 2.00. The van der Waals surface area contributed by atoms with Gasteiger partial charge in [0.25, 0.3) is 10.0 Å². The van der Waals surface area contributed by atoms with E-state index in [0.29, 0.717) is 16.5 Å². The van der Waals surface area contributed by atoms with Crippen LogP contribution in [0.25, 0.3) is 0 Å². The molecule has 5 nitrogen and oxygen atoms in total. The highest BCUT2D eigenvalue weighted by molar-refractivity contribution is 7.94. The lowest BCUT2D eigenvalue weighted by atomic mass is 10.3. The third-order valence-electron chi connectivity index (χ3n) is 3.24. The fourth-order valence-corrected chi connectivity index (χ4v) is 4.36. The Morgan fingerprint density at radius 3 is 2.39 bits per heavy atom. The second-order valence-electron chi connectivity index (χ2n) is 5.03. The molecule has 1 aromatic carbocycles. The van der Waals surface area contributed by atoms with Crippen LogP contribution in [-0.2, 0) is 21.2 Å². The zero-order valence-electron chi connectivity index (χ0n) is 13.3. The standard InChI is InChI=1S/C16H22N2O3S2/c1-3-15-9-10-16(22-15)23(19,20)18-14-7-5-13(6-8-14)17-11-4-12-21-2/h5-10,17-18H,3-4,11-12H2,1-2H3. The van der Waals surface area contributed by atoms with Gasteiger partial charge in [-0.3, -0.25) is 4.72 Å². The maximum absolute atomic E-state index is 12.3. The summed E-state index contributed by atoms with van der Waals surface area (Å²) in [6, 6.07) is 10.7. The van der Waals surface area contributed by atoms with E-state index >= 15 is 0 Å². The van der Waals surface area contributed by atoms with Crippen LogP contribution in [0, 0.1) is 0 Å². The van der Waals surface area contributed by atoms with E-state index in [4.69, 9.17) is 4.74 Å². The molecule has 0 atom stereocenters. The van der Waals surface area contributed by atoms with Crippen LogP contribution < -0.4 is 10.0 Å². The molecule has 0 spiro atoms. The summed E-state index contributed by atoms with van der Waals surface area (Å²) in [6.45, 7) is 3.54. The van der Waals surface area contributed by atoms with Crippen LogP contribution in [0.2, 0.25) is 0 Å². The molecule has 2 rings (SSSR count). The molecule has 0 amide bonds. The van der Waals surface area contributed by atoms with Gasteiger partial charge in [0, 0.05) is 36.5 Å². The fraction of sp³-hybridized carbons (Fsp3) is 0.375. The van der Waals surface area contributed by atoms with Gasteiger partial charge in [-0.15, -0.1) is 11.3 Å². The third kappa shape index (κ3) is 5.23. The molecule has 0 aliphatic heterocycles. The molecule has 0 unspecified atom stereocenters. The van der Waals surface area contributed by atoms with E-state index in [1.54, 1.807) is 25.3 Å². The van der Waals surface area contributed by atoms with Crippen LogP contribution in [0.1, 0.15) is 18.2 Å². The van der Waals surface area contributed by atoms with Gasteiger partial charge in [0.05, 0.1) is 0 Å². The smallest absolute Gasteiger partial charge is 0.271 e. The van der Waals surface area contributed by atoms with Crippen molar-refractivity contribution in [3.05, 3.63) is 41.3 Å². The summed E-state index contributed by atoms with van der Waals surface area (Å²) in [7, 11) is -1.83. The van der Waals surface area contributed by atoms with Crippen LogP contribution in [-0.4, -0.2) is 28.7 Å². The first kappa shape index (κ1) is 17.8. The van der Waals surface area contributed by atoms with Crippen LogP contribution >= 0.6 is 11.3 Å². The Morgan fingerprint density at radius 2 is 1.78 bits per heavy atom. The van der Waals surface area contributed by atoms with Crippen molar-refractivity contribution in [3.63, 3.8) is 0 Å². The van der Waals surface area contributed by atoms with Crippen molar-refractivity contribution < 1.29 is 13.2 Å². The van der Waals surface area contributed by atoms with Gasteiger partial charge in [-0.2, -0.15) is 0 Å². The molecule has 0 bridgehead atoms. The summed E-state index contributed by atoms with van der Waals surface area (Å²) >= 11 is 1.30. The van der Waals surface area contributed by atoms with Gasteiger partial charge in [-0.25, -0.2) is 8.42 Å². The van der Waals surface area contributed by atoms with Gasteiger partial charge < -0.3 is 10.1 Å². The predicted octanol–water partition coefficient (Wildman–Crippen LogP) is 3.56. The molecule has 0 saturated heterocycles. The predicted molar refractivity (Wildman–Crippen MR) is 95.9 cm³/mol. The second-order valence-corrected chi connectivity index (χ2v) is 8.11. The first-order valence-electron chi connectivity index (χ1n) is 7.49.